The van der Waals surface area contributed by atoms with Crippen molar-refractivity contribution in [3.63, 3.8) is 0 Å². The topological polar surface area (TPSA) is 66.4 Å². The zero-order chi connectivity index (χ0) is 20.8. The zero-order valence-corrected chi connectivity index (χ0v) is 16.1. The summed E-state index contributed by atoms with van der Waals surface area (Å²) < 4.78 is 13.4. The molecule has 6 heteroatoms. The molecule has 29 heavy (non-hydrogen) atoms. The normalized spacial score (nSPS) is 12.8. The summed E-state index contributed by atoms with van der Waals surface area (Å²) in [5.41, 5.74) is 2.05. The lowest BCUT2D eigenvalue weighted by Crippen LogP contribution is -2.34. The number of carbonyl (C=O) groups is 2. The molecule has 3 rings (SSSR count). The van der Waals surface area contributed by atoms with Gasteiger partial charge in [-0.2, -0.15) is 0 Å². The Hall–Kier alpha value is -3.18. The fourth-order valence-corrected chi connectivity index (χ4v) is 3.28. The molecule has 0 heterocycles. The van der Waals surface area contributed by atoms with Crippen molar-refractivity contribution in [3.8, 4) is 0 Å². The molecule has 0 spiro atoms. The van der Waals surface area contributed by atoms with Gasteiger partial charge in [0.15, 0.2) is 6.04 Å². The predicted octanol–water partition coefficient (Wildman–Crippen LogP) is 4.94. The van der Waals surface area contributed by atoms with Crippen LogP contribution in [-0.2, 0) is 9.59 Å². The van der Waals surface area contributed by atoms with E-state index in [4.69, 9.17) is 11.6 Å². The molecule has 0 aromatic heterocycles. The standard InChI is InChI=1S/C23H19ClFNO3/c24-18-10-6-15(7-11-18)20(16-8-12-19(25)13-9-16)14-21(27)26-22(23(28)29)17-4-2-1-3-5-17/h1-13,20,22H,14H2,(H,26,27)(H,28,29)/t20?,22-/m0/s1. The van der Waals surface area contributed by atoms with E-state index in [1.54, 1.807) is 66.7 Å². The average molecular weight is 412 g/mol. The third-order valence-corrected chi connectivity index (χ3v) is 4.87. The minimum absolute atomic E-state index is 0.00385. The van der Waals surface area contributed by atoms with Gasteiger partial charge in [0.1, 0.15) is 5.82 Å². The summed E-state index contributed by atoms with van der Waals surface area (Å²) in [5, 5.41) is 12.7. The number of carboxylic acids is 1. The van der Waals surface area contributed by atoms with Gasteiger partial charge in [-0.15, -0.1) is 0 Å². The number of hydrogen-bond donors (Lipinski definition) is 2. The highest BCUT2D eigenvalue weighted by Crippen LogP contribution is 2.29. The lowest BCUT2D eigenvalue weighted by molar-refractivity contribution is -0.142. The molecule has 0 aliphatic rings. The van der Waals surface area contributed by atoms with Crippen LogP contribution in [0.2, 0.25) is 5.02 Å². The van der Waals surface area contributed by atoms with Crippen molar-refractivity contribution in [1.29, 1.82) is 0 Å². The molecule has 0 fully saturated rings. The van der Waals surface area contributed by atoms with Gasteiger partial charge in [0, 0.05) is 17.4 Å². The van der Waals surface area contributed by atoms with Crippen molar-refractivity contribution in [3.05, 3.63) is 106 Å². The summed E-state index contributed by atoms with van der Waals surface area (Å²) >= 11 is 5.97. The Kier molecular flexibility index (Phi) is 6.62. The third-order valence-electron chi connectivity index (χ3n) is 4.62. The average Bonchev–Trinajstić information content (AvgIpc) is 2.72. The molecule has 0 saturated heterocycles. The Bertz CT molecular complexity index is 930. The smallest absolute Gasteiger partial charge is 0.330 e. The van der Waals surface area contributed by atoms with E-state index < -0.39 is 17.9 Å². The van der Waals surface area contributed by atoms with Crippen LogP contribution < -0.4 is 5.32 Å². The SMILES string of the molecule is O=C(CC(c1ccc(F)cc1)c1ccc(Cl)cc1)N[C@H](C(=O)O)c1ccccc1. The summed E-state index contributed by atoms with van der Waals surface area (Å²) in [6.07, 6.45) is 0.00385. The second-order valence-electron chi connectivity index (χ2n) is 6.61. The number of amides is 1. The van der Waals surface area contributed by atoms with Crippen LogP contribution in [-0.4, -0.2) is 17.0 Å². The number of aliphatic carboxylic acids is 1. The van der Waals surface area contributed by atoms with Gasteiger partial charge in [-0.05, 0) is 41.0 Å². The maximum Gasteiger partial charge on any atom is 0.330 e. The minimum atomic E-state index is -1.15. The van der Waals surface area contributed by atoms with Crippen molar-refractivity contribution in [2.75, 3.05) is 0 Å². The maximum absolute atomic E-state index is 13.4. The van der Waals surface area contributed by atoms with Crippen LogP contribution in [0.3, 0.4) is 0 Å². The van der Waals surface area contributed by atoms with Crippen LogP contribution in [0, 0.1) is 5.82 Å². The number of benzene rings is 3. The van der Waals surface area contributed by atoms with E-state index in [9.17, 15) is 19.1 Å². The van der Waals surface area contributed by atoms with Crippen molar-refractivity contribution in [1.82, 2.24) is 5.32 Å². The van der Waals surface area contributed by atoms with Gasteiger partial charge < -0.3 is 10.4 Å². The second-order valence-corrected chi connectivity index (χ2v) is 7.05. The van der Waals surface area contributed by atoms with Crippen molar-refractivity contribution in [2.45, 2.75) is 18.4 Å². The van der Waals surface area contributed by atoms with Crippen LogP contribution in [0.5, 0.6) is 0 Å². The van der Waals surface area contributed by atoms with Gasteiger partial charge in [-0.25, -0.2) is 9.18 Å². The molecule has 0 aliphatic heterocycles. The Morgan fingerprint density at radius 3 is 1.97 bits per heavy atom. The molecule has 2 atom stereocenters. The number of carboxylic acid groups (broad SMARTS) is 1. The van der Waals surface area contributed by atoms with Crippen molar-refractivity contribution < 1.29 is 19.1 Å². The van der Waals surface area contributed by atoms with Gasteiger partial charge in [-0.3, -0.25) is 4.79 Å². The molecular weight excluding hydrogens is 393 g/mol. The van der Waals surface area contributed by atoms with Crippen molar-refractivity contribution >= 4 is 23.5 Å². The van der Waals surface area contributed by atoms with Crippen LogP contribution >= 0.6 is 11.6 Å². The molecule has 4 nitrogen and oxygen atoms in total. The fourth-order valence-electron chi connectivity index (χ4n) is 3.16. The molecule has 148 valence electrons. The Labute approximate surface area is 173 Å². The zero-order valence-electron chi connectivity index (χ0n) is 15.4. The molecule has 1 amide bonds. The molecule has 3 aromatic rings. The van der Waals surface area contributed by atoms with E-state index >= 15 is 0 Å². The lowest BCUT2D eigenvalue weighted by Gasteiger charge is -2.20. The third kappa shape index (κ3) is 5.42. The highest BCUT2D eigenvalue weighted by atomic mass is 35.5. The Morgan fingerprint density at radius 1 is 0.862 bits per heavy atom. The summed E-state index contributed by atoms with van der Waals surface area (Å²) in [4.78, 5) is 24.4. The molecule has 2 N–H and O–H groups in total. The first-order chi connectivity index (χ1) is 13.9. The van der Waals surface area contributed by atoms with E-state index in [2.05, 4.69) is 5.32 Å². The molecule has 3 aromatic carbocycles. The molecule has 0 radical (unpaired) electrons. The first kappa shape index (κ1) is 20.6. The van der Waals surface area contributed by atoms with Crippen molar-refractivity contribution in [2.24, 2.45) is 0 Å². The van der Waals surface area contributed by atoms with E-state index in [1.165, 1.54) is 12.1 Å². The van der Waals surface area contributed by atoms with Crippen LogP contribution in [0.15, 0.2) is 78.9 Å². The molecule has 0 saturated carbocycles. The molecule has 0 aliphatic carbocycles. The molecule has 1 unspecified atom stereocenters. The lowest BCUT2D eigenvalue weighted by atomic mass is 9.88. The highest BCUT2D eigenvalue weighted by molar-refractivity contribution is 6.30. The van der Waals surface area contributed by atoms with E-state index in [-0.39, 0.29) is 18.2 Å². The highest BCUT2D eigenvalue weighted by Gasteiger charge is 2.25. The number of nitrogens with one attached hydrogen (secondary N) is 1. The van der Waals surface area contributed by atoms with E-state index in [0.29, 0.717) is 10.6 Å². The van der Waals surface area contributed by atoms with Gasteiger partial charge in [0.25, 0.3) is 0 Å². The van der Waals surface area contributed by atoms with Gasteiger partial charge in [0.05, 0.1) is 0 Å². The Morgan fingerprint density at radius 2 is 1.41 bits per heavy atom. The predicted molar refractivity (Wildman–Crippen MR) is 109 cm³/mol. The number of hydrogen-bond acceptors (Lipinski definition) is 2. The number of rotatable bonds is 7. The number of carbonyl (C=O) groups excluding carboxylic acids is 1. The Balaban J connectivity index is 1.84. The van der Waals surface area contributed by atoms with Gasteiger partial charge >= 0.3 is 5.97 Å². The monoisotopic (exact) mass is 411 g/mol. The summed E-state index contributed by atoms with van der Waals surface area (Å²) in [7, 11) is 0. The maximum atomic E-state index is 13.4. The number of halogens is 2. The summed E-state index contributed by atoms with van der Waals surface area (Å²) in [6, 6.07) is 20.3. The van der Waals surface area contributed by atoms with Gasteiger partial charge in [0.2, 0.25) is 5.91 Å². The first-order valence-corrected chi connectivity index (χ1v) is 9.40. The molecule has 0 bridgehead atoms. The largest absolute Gasteiger partial charge is 0.479 e. The fraction of sp³-hybridized carbons (Fsp3) is 0.130. The van der Waals surface area contributed by atoms with Crippen LogP contribution in [0.1, 0.15) is 35.1 Å². The quantitative estimate of drug-likeness (QED) is 0.578. The van der Waals surface area contributed by atoms with Crippen LogP contribution in [0.4, 0.5) is 4.39 Å². The van der Waals surface area contributed by atoms with Crippen LogP contribution in [0.25, 0.3) is 0 Å². The minimum Gasteiger partial charge on any atom is -0.479 e. The summed E-state index contributed by atoms with van der Waals surface area (Å²) in [6.45, 7) is 0. The second kappa shape index (κ2) is 9.34. The van der Waals surface area contributed by atoms with Gasteiger partial charge in [-0.1, -0.05) is 66.2 Å². The van der Waals surface area contributed by atoms with E-state index in [1.807, 2.05) is 0 Å². The molecular formula is C23H19ClFNO3. The summed E-state index contributed by atoms with van der Waals surface area (Å²) in [5.74, 6) is -2.32. The first-order valence-electron chi connectivity index (χ1n) is 9.02. The van der Waals surface area contributed by atoms with E-state index in [0.717, 1.165) is 11.1 Å².